The van der Waals surface area contributed by atoms with Crippen molar-refractivity contribution in [2.75, 3.05) is 5.32 Å². The number of alkyl halides is 3. The number of benzene rings is 1. The Morgan fingerprint density at radius 2 is 1.59 bits per heavy atom. The van der Waals surface area contributed by atoms with Gasteiger partial charge in [-0.2, -0.15) is 13.2 Å². The Labute approximate surface area is 126 Å². The third kappa shape index (κ3) is 3.78. The Kier molecular flexibility index (Phi) is 4.17. The first kappa shape index (κ1) is 16.3. The van der Waals surface area contributed by atoms with Crippen LogP contribution in [0.3, 0.4) is 0 Å². The Hall–Kier alpha value is -2.05. The summed E-state index contributed by atoms with van der Waals surface area (Å²) < 4.78 is 37.4. The molecule has 120 valence electrons. The minimum atomic E-state index is -4.42. The summed E-state index contributed by atoms with van der Waals surface area (Å²) in [4.78, 5) is 24.2. The molecule has 0 unspecified atom stereocenters. The zero-order valence-corrected chi connectivity index (χ0v) is 12.3. The molecule has 1 aromatic carbocycles. The average Bonchev–Trinajstić information content (AvgIpc) is 3.22. The van der Waals surface area contributed by atoms with Crippen molar-refractivity contribution in [2.24, 2.45) is 5.41 Å². The van der Waals surface area contributed by atoms with Crippen LogP contribution in [-0.4, -0.2) is 17.9 Å². The average molecular weight is 314 g/mol. The van der Waals surface area contributed by atoms with E-state index in [1.807, 2.05) is 0 Å². The summed E-state index contributed by atoms with van der Waals surface area (Å²) in [7, 11) is 0. The third-order valence-electron chi connectivity index (χ3n) is 3.52. The summed E-state index contributed by atoms with van der Waals surface area (Å²) in [5.41, 5.74) is -1.88. The first-order valence-electron chi connectivity index (χ1n) is 6.90. The molecular formula is C15H17F3N2O2. The van der Waals surface area contributed by atoms with E-state index < -0.39 is 23.1 Å². The Balaban J connectivity index is 2.02. The largest absolute Gasteiger partial charge is 0.416 e. The first-order valence-corrected chi connectivity index (χ1v) is 6.90. The maximum atomic E-state index is 12.5. The lowest BCUT2D eigenvalue weighted by Gasteiger charge is -2.22. The zero-order chi connectivity index (χ0) is 16.5. The number of hydrogen-bond donors (Lipinski definition) is 2. The molecule has 2 rings (SSSR count). The van der Waals surface area contributed by atoms with Crippen molar-refractivity contribution in [3.8, 4) is 0 Å². The van der Waals surface area contributed by atoms with E-state index in [1.54, 1.807) is 0 Å². The van der Waals surface area contributed by atoms with Crippen LogP contribution >= 0.6 is 0 Å². The number of carbonyl (C=O) groups is 2. The van der Waals surface area contributed by atoms with Crippen molar-refractivity contribution in [2.45, 2.75) is 38.9 Å². The minimum Gasteiger partial charge on any atom is -0.352 e. The summed E-state index contributed by atoms with van der Waals surface area (Å²) in [5, 5.41) is 5.21. The van der Waals surface area contributed by atoms with Crippen molar-refractivity contribution < 1.29 is 22.8 Å². The lowest BCUT2D eigenvalue weighted by Crippen LogP contribution is -2.45. The van der Waals surface area contributed by atoms with E-state index in [1.165, 1.54) is 13.8 Å². The second-order valence-corrected chi connectivity index (χ2v) is 5.90. The van der Waals surface area contributed by atoms with Gasteiger partial charge in [-0.15, -0.1) is 0 Å². The minimum absolute atomic E-state index is 0.130. The molecule has 7 heteroatoms. The standard InChI is InChI=1S/C15H17F3N2O2/c1-14(2,13(22)20-11-7-8-11)12(21)19-10-5-3-9(4-6-10)15(16,17)18/h3-6,11H,7-8H2,1-2H3,(H,19,21)(H,20,22). The van der Waals surface area contributed by atoms with Gasteiger partial charge in [-0.1, -0.05) is 0 Å². The Morgan fingerprint density at radius 1 is 1.05 bits per heavy atom. The number of nitrogens with one attached hydrogen (secondary N) is 2. The third-order valence-corrected chi connectivity index (χ3v) is 3.52. The highest BCUT2D eigenvalue weighted by atomic mass is 19.4. The molecule has 0 saturated heterocycles. The van der Waals surface area contributed by atoms with E-state index in [-0.39, 0.29) is 17.6 Å². The first-order chi connectivity index (χ1) is 10.1. The molecule has 1 aliphatic carbocycles. The molecule has 0 spiro atoms. The summed E-state index contributed by atoms with van der Waals surface area (Å²) in [6, 6.07) is 4.22. The van der Waals surface area contributed by atoms with E-state index in [2.05, 4.69) is 10.6 Å². The van der Waals surface area contributed by atoms with E-state index in [4.69, 9.17) is 0 Å². The lowest BCUT2D eigenvalue weighted by atomic mass is 9.91. The lowest BCUT2D eigenvalue weighted by molar-refractivity contribution is -0.139. The van der Waals surface area contributed by atoms with Gasteiger partial charge >= 0.3 is 6.18 Å². The second kappa shape index (κ2) is 5.62. The molecule has 1 saturated carbocycles. The maximum Gasteiger partial charge on any atom is 0.416 e. The van der Waals surface area contributed by atoms with Crippen LogP contribution in [0.2, 0.25) is 0 Å². The summed E-state index contributed by atoms with van der Waals surface area (Å²) in [6.45, 7) is 2.95. The van der Waals surface area contributed by atoms with Gasteiger partial charge in [-0.05, 0) is 51.0 Å². The molecule has 0 radical (unpaired) electrons. The van der Waals surface area contributed by atoms with E-state index in [0.717, 1.165) is 37.1 Å². The molecular weight excluding hydrogens is 297 g/mol. The highest BCUT2D eigenvalue weighted by molar-refractivity contribution is 6.09. The van der Waals surface area contributed by atoms with Crippen molar-refractivity contribution in [1.29, 1.82) is 0 Å². The van der Waals surface area contributed by atoms with Crippen molar-refractivity contribution in [3.63, 3.8) is 0 Å². The van der Waals surface area contributed by atoms with Crippen LogP contribution in [0.15, 0.2) is 24.3 Å². The highest BCUT2D eigenvalue weighted by Crippen LogP contribution is 2.30. The van der Waals surface area contributed by atoms with Crippen LogP contribution in [0.25, 0.3) is 0 Å². The van der Waals surface area contributed by atoms with Gasteiger partial charge in [-0.25, -0.2) is 0 Å². The molecule has 0 heterocycles. The van der Waals surface area contributed by atoms with Gasteiger partial charge in [0.2, 0.25) is 11.8 Å². The highest BCUT2D eigenvalue weighted by Gasteiger charge is 2.39. The SMILES string of the molecule is CC(C)(C(=O)Nc1ccc(C(F)(F)F)cc1)C(=O)NC1CC1. The van der Waals surface area contributed by atoms with Crippen molar-refractivity contribution >= 4 is 17.5 Å². The molecule has 0 atom stereocenters. The summed E-state index contributed by atoms with van der Waals surface area (Å²) >= 11 is 0. The van der Waals surface area contributed by atoms with Crippen LogP contribution in [0.5, 0.6) is 0 Å². The van der Waals surface area contributed by atoms with Gasteiger partial charge < -0.3 is 10.6 Å². The number of halogens is 3. The maximum absolute atomic E-state index is 12.5. The normalized spacial score (nSPS) is 15.3. The molecule has 0 aromatic heterocycles. The number of amides is 2. The predicted octanol–water partition coefficient (Wildman–Crippen LogP) is 2.95. The fourth-order valence-corrected chi connectivity index (χ4v) is 1.73. The number of rotatable bonds is 4. The van der Waals surface area contributed by atoms with Gasteiger partial charge in [0.15, 0.2) is 0 Å². The van der Waals surface area contributed by atoms with Crippen LogP contribution in [0, 0.1) is 5.41 Å². The Morgan fingerprint density at radius 3 is 2.05 bits per heavy atom. The molecule has 2 amide bonds. The molecule has 2 N–H and O–H groups in total. The predicted molar refractivity (Wildman–Crippen MR) is 75.0 cm³/mol. The number of anilines is 1. The Bertz CT molecular complexity index is 575. The molecule has 0 bridgehead atoms. The fraction of sp³-hybridized carbons (Fsp3) is 0.467. The summed E-state index contributed by atoms with van der Waals surface area (Å²) in [6.07, 6.45) is -2.61. The van der Waals surface area contributed by atoms with Crippen LogP contribution in [-0.2, 0) is 15.8 Å². The van der Waals surface area contributed by atoms with Crippen LogP contribution in [0.1, 0.15) is 32.3 Å². The zero-order valence-electron chi connectivity index (χ0n) is 12.3. The molecule has 0 aliphatic heterocycles. The smallest absolute Gasteiger partial charge is 0.352 e. The molecule has 1 aliphatic rings. The van der Waals surface area contributed by atoms with Crippen molar-refractivity contribution in [1.82, 2.24) is 5.32 Å². The number of carbonyl (C=O) groups excluding carboxylic acids is 2. The van der Waals surface area contributed by atoms with Crippen LogP contribution < -0.4 is 10.6 Å². The van der Waals surface area contributed by atoms with Gasteiger partial charge in [0.1, 0.15) is 5.41 Å². The van der Waals surface area contributed by atoms with Crippen LogP contribution in [0.4, 0.5) is 18.9 Å². The molecule has 1 aromatic rings. The topological polar surface area (TPSA) is 58.2 Å². The molecule has 4 nitrogen and oxygen atoms in total. The quantitative estimate of drug-likeness (QED) is 0.840. The second-order valence-electron chi connectivity index (χ2n) is 5.90. The van der Waals surface area contributed by atoms with Gasteiger partial charge in [-0.3, -0.25) is 9.59 Å². The fourth-order valence-electron chi connectivity index (χ4n) is 1.73. The molecule has 1 fully saturated rings. The summed E-state index contributed by atoms with van der Waals surface area (Å²) in [5.74, 6) is -0.954. The van der Waals surface area contributed by atoms with Crippen molar-refractivity contribution in [3.05, 3.63) is 29.8 Å². The molecule has 22 heavy (non-hydrogen) atoms. The van der Waals surface area contributed by atoms with E-state index in [0.29, 0.717) is 0 Å². The van der Waals surface area contributed by atoms with Gasteiger partial charge in [0.25, 0.3) is 0 Å². The van der Waals surface area contributed by atoms with E-state index in [9.17, 15) is 22.8 Å². The van der Waals surface area contributed by atoms with E-state index >= 15 is 0 Å². The monoisotopic (exact) mass is 314 g/mol. The number of hydrogen-bond acceptors (Lipinski definition) is 2. The van der Waals surface area contributed by atoms with Gasteiger partial charge in [0.05, 0.1) is 5.56 Å². The van der Waals surface area contributed by atoms with Gasteiger partial charge in [0, 0.05) is 11.7 Å².